The average Bonchev–Trinajstić information content (AvgIpc) is 3.32. The SMILES string of the molecule is COc1cccc(CN2CCC[C@@H](c3nnsc3-c3cc(C)no3)C2)c1O. The summed E-state index contributed by atoms with van der Waals surface area (Å²) in [5.41, 5.74) is 2.70. The first-order valence-corrected chi connectivity index (χ1v) is 9.76. The van der Waals surface area contributed by atoms with Crippen LogP contribution in [0.15, 0.2) is 28.8 Å². The third-order valence-electron chi connectivity index (χ3n) is 4.95. The zero-order valence-corrected chi connectivity index (χ0v) is 16.2. The predicted octanol–water partition coefficient (Wildman–Crippen LogP) is 3.60. The molecule has 1 saturated heterocycles. The van der Waals surface area contributed by atoms with Crippen LogP contribution in [0.25, 0.3) is 10.6 Å². The number of phenols is 1. The standard InChI is InChI=1S/C19H22N4O3S/c1-12-9-16(26-21-12)19-17(20-22-27-19)13-6-4-8-23(10-13)11-14-5-3-7-15(25-2)18(14)24/h3,5,7,9,13,24H,4,6,8,10-11H2,1-2H3/t13-/m1/s1. The second-order valence-electron chi connectivity index (χ2n) is 6.86. The van der Waals surface area contributed by atoms with Crippen molar-refractivity contribution in [3.05, 3.63) is 41.2 Å². The monoisotopic (exact) mass is 386 g/mol. The second kappa shape index (κ2) is 7.66. The lowest BCUT2D eigenvalue weighted by molar-refractivity contribution is 0.196. The summed E-state index contributed by atoms with van der Waals surface area (Å²) in [4.78, 5) is 3.31. The summed E-state index contributed by atoms with van der Waals surface area (Å²) in [5, 5.41) is 18.8. The predicted molar refractivity (Wildman–Crippen MR) is 102 cm³/mol. The molecule has 0 unspecified atom stereocenters. The summed E-state index contributed by atoms with van der Waals surface area (Å²) in [5.74, 6) is 1.74. The van der Waals surface area contributed by atoms with Gasteiger partial charge < -0.3 is 14.4 Å². The number of phenolic OH excluding ortho intramolecular Hbond substituents is 1. The lowest BCUT2D eigenvalue weighted by atomic mass is 9.93. The number of aromatic hydroxyl groups is 1. The topological polar surface area (TPSA) is 84.5 Å². The van der Waals surface area contributed by atoms with Crippen LogP contribution in [0, 0.1) is 6.92 Å². The summed E-state index contributed by atoms with van der Waals surface area (Å²) in [6, 6.07) is 7.54. The number of methoxy groups -OCH3 is 1. The third kappa shape index (κ3) is 3.68. The van der Waals surface area contributed by atoms with E-state index in [1.165, 1.54) is 11.5 Å². The van der Waals surface area contributed by atoms with Gasteiger partial charge in [-0.25, -0.2) is 0 Å². The van der Waals surface area contributed by atoms with Crippen LogP contribution in [0.5, 0.6) is 11.5 Å². The average molecular weight is 386 g/mol. The van der Waals surface area contributed by atoms with Crippen molar-refractivity contribution in [2.75, 3.05) is 20.2 Å². The van der Waals surface area contributed by atoms with Gasteiger partial charge in [0.25, 0.3) is 0 Å². The number of hydrogen-bond donors (Lipinski definition) is 1. The van der Waals surface area contributed by atoms with Gasteiger partial charge in [0, 0.05) is 30.6 Å². The van der Waals surface area contributed by atoms with E-state index in [-0.39, 0.29) is 11.7 Å². The molecule has 4 rings (SSSR count). The molecule has 1 aromatic carbocycles. The molecule has 8 heteroatoms. The first-order chi connectivity index (χ1) is 13.2. The number of piperidine rings is 1. The van der Waals surface area contributed by atoms with Crippen molar-refractivity contribution in [3.8, 4) is 22.1 Å². The molecule has 1 fully saturated rings. The fourth-order valence-electron chi connectivity index (χ4n) is 3.63. The Hall–Kier alpha value is -2.45. The van der Waals surface area contributed by atoms with E-state index in [0.717, 1.165) is 53.5 Å². The molecule has 142 valence electrons. The maximum absolute atomic E-state index is 10.4. The van der Waals surface area contributed by atoms with Gasteiger partial charge >= 0.3 is 0 Å². The Bertz CT molecular complexity index is 923. The highest BCUT2D eigenvalue weighted by Gasteiger charge is 2.28. The highest BCUT2D eigenvalue weighted by molar-refractivity contribution is 7.09. The molecule has 0 amide bonds. The fraction of sp³-hybridized carbons (Fsp3) is 0.421. The van der Waals surface area contributed by atoms with Crippen LogP contribution in [0.1, 0.15) is 35.7 Å². The molecule has 1 aliphatic rings. The first kappa shape index (κ1) is 17.9. The van der Waals surface area contributed by atoms with Gasteiger partial charge in [-0.2, -0.15) is 0 Å². The minimum Gasteiger partial charge on any atom is -0.504 e. The van der Waals surface area contributed by atoms with E-state index in [1.807, 2.05) is 25.1 Å². The Labute approximate surface area is 161 Å². The van der Waals surface area contributed by atoms with Gasteiger partial charge in [-0.1, -0.05) is 21.8 Å². The maximum Gasteiger partial charge on any atom is 0.180 e. The van der Waals surface area contributed by atoms with Gasteiger partial charge in [0.05, 0.1) is 18.5 Å². The summed E-state index contributed by atoms with van der Waals surface area (Å²) in [6.45, 7) is 4.43. The van der Waals surface area contributed by atoms with Crippen molar-refractivity contribution >= 4 is 11.5 Å². The van der Waals surface area contributed by atoms with E-state index < -0.39 is 0 Å². The molecule has 0 spiro atoms. The van der Waals surface area contributed by atoms with E-state index >= 15 is 0 Å². The van der Waals surface area contributed by atoms with Crippen molar-refractivity contribution < 1.29 is 14.4 Å². The number of nitrogens with zero attached hydrogens (tertiary/aromatic N) is 4. The number of likely N-dealkylation sites (tertiary alicyclic amines) is 1. The van der Waals surface area contributed by atoms with Crippen LogP contribution in [0.3, 0.4) is 0 Å². The van der Waals surface area contributed by atoms with Gasteiger partial charge in [-0.05, 0) is 43.9 Å². The molecule has 0 bridgehead atoms. The van der Waals surface area contributed by atoms with Crippen LogP contribution in [-0.4, -0.2) is 44.9 Å². The zero-order valence-electron chi connectivity index (χ0n) is 15.4. The number of para-hydroxylation sites is 1. The molecule has 1 N–H and O–H groups in total. The summed E-state index contributed by atoms with van der Waals surface area (Å²) in [7, 11) is 1.57. The van der Waals surface area contributed by atoms with Crippen molar-refractivity contribution in [3.63, 3.8) is 0 Å². The summed E-state index contributed by atoms with van der Waals surface area (Å²) in [6.07, 6.45) is 2.13. The third-order valence-corrected chi connectivity index (χ3v) is 5.71. The Balaban J connectivity index is 1.52. The molecular formula is C19H22N4O3S. The molecule has 0 radical (unpaired) electrons. The molecular weight excluding hydrogens is 364 g/mol. The second-order valence-corrected chi connectivity index (χ2v) is 7.62. The van der Waals surface area contributed by atoms with Gasteiger partial charge in [0.15, 0.2) is 17.3 Å². The normalized spacial score (nSPS) is 17.9. The van der Waals surface area contributed by atoms with Crippen molar-refractivity contribution in [2.24, 2.45) is 0 Å². The van der Waals surface area contributed by atoms with E-state index in [2.05, 4.69) is 19.6 Å². The highest BCUT2D eigenvalue weighted by Crippen LogP contribution is 2.37. The Morgan fingerprint density at radius 2 is 2.30 bits per heavy atom. The largest absolute Gasteiger partial charge is 0.504 e. The number of hydrogen-bond acceptors (Lipinski definition) is 8. The Morgan fingerprint density at radius 1 is 1.41 bits per heavy atom. The molecule has 1 atom stereocenters. The molecule has 0 saturated carbocycles. The lowest BCUT2D eigenvalue weighted by Gasteiger charge is -2.32. The van der Waals surface area contributed by atoms with Gasteiger partial charge in [-0.15, -0.1) is 5.10 Å². The van der Waals surface area contributed by atoms with E-state index in [0.29, 0.717) is 12.3 Å². The molecule has 3 aromatic rings. The molecule has 7 nitrogen and oxygen atoms in total. The molecule has 27 heavy (non-hydrogen) atoms. The maximum atomic E-state index is 10.4. The van der Waals surface area contributed by atoms with Gasteiger partial charge in [-0.3, -0.25) is 4.90 Å². The lowest BCUT2D eigenvalue weighted by Crippen LogP contribution is -2.34. The fourth-order valence-corrected chi connectivity index (χ4v) is 4.33. The quantitative estimate of drug-likeness (QED) is 0.717. The number of aromatic nitrogens is 3. The number of aryl methyl sites for hydroxylation is 1. The first-order valence-electron chi connectivity index (χ1n) is 8.99. The van der Waals surface area contributed by atoms with Crippen molar-refractivity contribution in [1.29, 1.82) is 0 Å². The van der Waals surface area contributed by atoms with Crippen molar-refractivity contribution in [1.82, 2.24) is 19.6 Å². The summed E-state index contributed by atoms with van der Waals surface area (Å²) < 4.78 is 14.8. The minimum atomic E-state index is 0.218. The van der Waals surface area contributed by atoms with Crippen LogP contribution in [0.2, 0.25) is 0 Å². The smallest absolute Gasteiger partial charge is 0.180 e. The van der Waals surface area contributed by atoms with Gasteiger partial charge in [0.1, 0.15) is 4.88 Å². The van der Waals surface area contributed by atoms with Gasteiger partial charge in [0.2, 0.25) is 0 Å². The number of benzene rings is 1. The number of ether oxygens (including phenoxy) is 1. The van der Waals surface area contributed by atoms with E-state index in [1.54, 1.807) is 13.2 Å². The summed E-state index contributed by atoms with van der Waals surface area (Å²) >= 11 is 1.35. The molecule has 0 aliphatic carbocycles. The van der Waals surface area contributed by atoms with Crippen LogP contribution in [-0.2, 0) is 6.54 Å². The zero-order chi connectivity index (χ0) is 18.8. The van der Waals surface area contributed by atoms with E-state index in [4.69, 9.17) is 9.26 Å². The Morgan fingerprint density at radius 3 is 3.07 bits per heavy atom. The van der Waals surface area contributed by atoms with Crippen molar-refractivity contribution in [2.45, 2.75) is 32.2 Å². The molecule has 1 aliphatic heterocycles. The van der Waals surface area contributed by atoms with E-state index in [9.17, 15) is 5.11 Å². The molecule has 3 heterocycles. The Kier molecular flexibility index (Phi) is 5.09. The van der Waals surface area contributed by atoms with Crippen LogP contribution < -0.4 is 4.74 Å². The highest BCUT2D eigenvalue weighted by atomic mass is 32.1. The van der Waals surface area contributed by atoms with Crippen LogP contribution in [0.4, 0.5) is 0 Å². The van der Waals surface area contributed by atoms with Crippen LogP contribution >= 0.6 is 11.5 Å². The number of rotatable bonds is 5. The molecule has 2 aromatic heterocycles. The minimum absolute atomic E-state index is 0.218.